The molecule has 0 heterocycles. The maximum absolute atomic E-state index is 13.4. The summed E-state index contributed by atoms with van der Waals surface area (Å²) in [6.45, 7) is 3.71. The van der Waals surface area contributed by atoms with Gasteiger partial charge in [0, 0.05) is 5.02 Å². The number of rotatable bonds is 2. The molecular formula is C15H13Cl2F. The van der Waals surface area contributed by atoms with Crippen LogP contribution in [0, 0.1) is 19.7 Å². The SMILES string of the molecule is Cc1cccc(C(Cl)c2cc(C)c(F)cc2Cl)c1. The highest BCUT2D eigenvalue weighted by Gasteiger charge is 2.16. The standard InChI is InChI=1S/C15H13Cl2F/c1-9-4-3-5-11(6-9)15(17)12-7-10(2)14(18)8-13(12)16/h3-8,15H,1-2H3. The van der Waals surface area contributed by atoms with E-state index in [-0.39, 0.29) is 11.2 Å². The molecule has 0 saturated carbocycles. The highest BCUT2D eigenvalue weighted by atomic mass is 35.5. The second kappa shape index (κ2) is 5.29. The zero-order valence-electron chi connectivity index (χ0n) is 10.2. The molecule has 0 bridgehead atoms. The average molecular weight is 283 g/mol. The van der Waals surface area contributed by atoms with E-state index in [1.165, 1.54) is 6.07 Å². The number of alkyl halides is 1. The van der Waals surface area contributed by atoms with Crippen molar-refractivity contribution >= 4 is 23.2 Å². The summed E-state index contributed by atoms with van der Waals surface area (Å²) in [4.78, 5) is 0. The fourth-order valence-electron chi connectivity index (χ4n) is 1.88. The van der Waals surface area contributed by atoms with Crippen molar-refractivity contribution in [2.24, 2.45) is 0 Å². The van der Waals surface area contributed by atoms with Gasteiger partial charge in [-0.1, -0.05) is 41.4 Å². The quantitative estimate of drug-likeness (QED) is 0.645. The lowest BCUT2D eigenvalue weighted by Gasteiger charge is -2.14. The third kappa shape index (κ3) is 2.68. The molecule has 0 aliphatic rings. The van der Waals surface area contributed by atoms with E-state index in [2.05, 4.69) is 0 Å². The van der Waals surface area contributed by atoms with Crippen LogP contribution in [0.2, 0.25) is 5.02 Å². The van der Waals surface area contributed by atoms with Gasteiger partial charge in [0.1, 0.15) is 5.82 Å². The van der Waals surface area contributed by atoms with Gasteiger partial charge in [-0.05, 0) is 42.7 Å². The Labute approximate surface area is 116 Å². The van der Waals surface area contributed by atoms with Crippen LogP contribution in [0.5, 0.6) is 0 Å². The van der Waals surface area contributed by atoms with Crippen LogP contribution < -0.4 is 0 Å². The van der Waals surface area contributed by atoms with E-state index in [1.54, 1.807) is 13.0 Å². The molecule has 0 spiro atoms. The molecule has 0 aliphatic carbocycles. The monoisotopic (exact) mass is 282 g/mol. The molecule has 2 aromatic carbocycles. The number of hydrogen-bond donors (Lipinski definition) is 0. The summed E-state index contributed by atoms with van der Waals surface area (Å²) in [6, 6.07) is 10.9. The van der Waals surface area contributed by atoms with Crippen LogP contribution in [-0.4, -0.2) is 0 Å². The molecule has 0 fully saturated rings. The van der Waals surface area contributed by atoms with Crippen molar-refractivity contribution in [2.75, 3.05) is 0 Å². The summed E-state index contributed by atoms with van der Waals surface area (Å²) < 4.78 is 13.4. The van der Waals surface area contributed by atoms with Crippen molar-refractivity contribution in [2.45, 2.75) is 19.2 Å². The first-order chi connectivity index (χ1) is 8.49. The Bertz CT molecular complexity index is 579. The van der Waals surface area contributed by atoms with Gasteiger partial charge in [0.2, 0.25) is 0 Å². The molecule has 0 N–H and O–H groups in total. The Morgan fingerprint density at radius 2 is 1.83 bits per heavy atom. The van der Waals surface area contributed by atoms with Gasteiger partial charge in [0.05, 0.1) is 5.38 Å². The van der Waals surface area contributed by atoms with Crippen LogP contribution in [0.4, 0.5) is 4.39 Å². The smallest absolute Gasteiger partial charge is 0.127 e. The number of halogens is 3. The van der Waals surface area contributed by atoms with Crippen molar-refractivity contribution < 1.29 is 4.39 Å². The molecule has 1 unspecified atom stereocenters. The Morgan fingerprint density at radius 3 is 2.50 bits per heavy atom. The molecule has 3 heteroatoms. The molecule has 0 nitrogen and oxygen atoms in total. The Morgan fingerprint density at radius 1 is 1.11 bits per heavy atom. The molecule has 2 rings (SSSR count). The molecule has 94 valence electrons. The maximum Gasteiger partial charge on any atom is 0.127 e. The summed E-state index contributed by atoms with van der Waals surface area (Å²) in [6.07, 6.45) is 0. The minimum Gasteiger partial charge on any atom is -0.207 e. The van der Waals surface area contributed by atoms with Crippen LogP contribution in [-0.2, 0) is 0 Å². The van der Waals surface area contributed by atoms with Gasteiger partial charge < -0.3 is 0 Å². The Hall–Kier alpha value is -1.05. The van der Waals surface area contributed by atoms with Crippen molar-refractivity contribution in [3.05, 3.63) is 69.5 Å². The van der Waals surface area contributed by atoms with Gasteiger partial charge >= 0.3 is 0 Å². The second-order valence-corrected chi connectivity index (χ2v) is 5.24. The summed E-state index contributed by atoms with van der Waals surface area (Å²) in [5, 5.41) is -0.00342. The van der Waals surface area contributed by atoms with E-state index in [1.807, 2.05) is 31.2 Å². The van der Waals surface area contributed by atoms with E-state index in [0.717, 1.165) is 16.7 Å². The predicted molar refractivity (Wildman–Crippen MR) is 75.0 cm³/mol. The average Bonchev–Trinajstić information content (AvgIpc) is 2.33. The van der Waals surface area contributed by atoms with Crippen LogP contribution in [0.25, 0.3) is 0 Å². The fraction of sp³-hybridized carbons (Fsp3) is 0.200. The molecule has 0 radical (unpaired) electrons. The van der Waals surface area contributed by atoms with Crippen LogP contribution in [0.3, 0.4) is 0 Å². The number of aryl methyl sites for hydroxylation is 2. The van der Waals surface area contributed by atoms with E-state index in [0.29, 0.717) is 10.6 Å². The first-order valence-electron chi connectivity index (χ1n) is 5.65. The molecule has 1 atom stereocenters. The van der Waals surface area contributed by atoms with Crippen LogP contribution in [0.15, 0.2) is 36.4 Å². The lowest BCUT2D eigenvalue weighted by atomic mass is 10.0. The van der Waals surface area contributed by atoms with Gasteiger partial charge in [-0.3, -0.25) is 0 Å². The van der Waals surface area contributed by atoms with Crippen molar-refractivity contribution in [1.82, 2.24) is 0 Å². The third-order valence-corrected chi connectivity index (χ3v) is 3.70. The van der Waals surface area contributed by atoms with E-state index in [9.17, 15) is 4.39 Å². The zero-order chi connectivity index (χ0) is 13.3. The van der Waals surface area contributed by atoms with Gasteiger partial charge in [-0.15, -0.1) is 11.6 Å². The maximum atomic E-state index is 13.4. The molecule has 18 heavy (non-hydrogen) atoms. The predicted octanol–water partition coefficient (Wildman–Crippen LogP) is 5.42. The van der Waals surface area contributed by atoms with Crippen molar-refractivity contribution in [1.29, 1.82) is 0 Å². The van der Waals surface area contributed by atoms with E-state index >= 15 is 0 Å². The molecular weight excluding hydrogens is 270 g/mol. The zero-order valence-corrected chi connectivity index (χ0v) is 11.7. The number of hydrogen-bond acceptors (Lipinski definition) is 0. The Kier molecular flexibility index (Phi) is 3.94. The van der Waals surface area contributed by atoms with E-state index in [4.69, 9.17) is 23.2 Å². The highest BCUT2D eigenvalue weighted by Crippen LogP contribution is 2.35. The summed E-state index contributed by atoms with van der Waals surface area (Å²) in [7, 11) is 0. The van der Waals surface area contributed by atoms with Crippen molar-refractivity contribution in [3.63, 3.8) is 0 Å². The first-order valence-corrected chi connectivity index (χ1v) is 6.46. The van der Waals surface area contributed by atoms with Crippen LogP contribution >= 0.6 is 23.2 Å². The molecule has 0 amide bonds. The summed E-state index contributed by atoms with van der Waals surface area (Å²) >= 11 is 12.5. The van der Waals surface area contributed by atoms with Gasteiger partial charge in [0.25, 0.3) is 0 Å². The minimum atomic E-state index is -0.364. The fourth-order valence-corrected chi connectivity index (χ4v) is 2.51. The summed E-state index contributed by atoms with van der Waals surface area (Å²) in [5.41, 5.74) is 3.38. The molecule has 0 saturated heterocycles. The summed E-state index contributed by atoms with van der Waals surface area (Å²) in [5.74, 6) is -0.308. The van der Waals surface area contributed by atoms with Gasteiger partial charge in [-0.25, -0.2) is 4.39 Å². The lowest BCUT2D eigenvalue weighted by molar-refractivity contribution is 0.618. The molecule has 2 aromatic rings. The topological polar surface area (TPSA) is 0 Å². The molecule has 0 aliphatic heterocycles. The largest absolute Gasteiger partial charge is 0.207 e. The third-order valence-electron chi connectivity index (χ3n) is 2.89. The second-order valence-electron chi connectivity index (χ2n) is 4.40. The molecule has 0 aromatic heterocycles. The van der Waals surface area contributed by atoms with Gasteiger partial charge in [0.15, 0.2) is 0 Å². The van der Waals surface area contributed by atoms with Crippen molar-refractivity contribution in [3.8, 4) is 0 Å². The minimum absolute atomic E-state index is 0.308. The number of benzene rings is 2. The highest BCUT2D eigenvalue weighted by molar-refractivity contribution is 6.33. The van der Waals surface area contributed by atoms with Crippen LogP contribution in [0.1, 0.15) is 27.6 Å². The lowest BCUT2D eigenvalue weighted by Crippen LogP contribution is -1.97. The Balaban J connectivity index is 2.46. The first kappa shape index (κ1) is 13.4. The normalized spacial score (nSPS) is 12.5. The van der Waals surface area contributed by atoms with Gasteiger partial charge in [-0.2, -0.15) is 0 Å². The van der Waals surface area contributed by atoms with E-state index < -0.39 is 0 Å².